The lowest BCUT2D eigenvalue weighted by Gasteiger charge is -2.08. The fourth-order valence-electron chi connectivity index (χ4n) is 2.11. The summed E-state index contributed by atoms with van der Waals surface area (Å²) in [6, 6.07) is 22.7. The van der Waals surface area contributed by atoms with E-state index in [1.54, 1.807) is 42.5 Å². The number of rotatable bonds is 4. The summed E-state index contributed by atoms with van der Waals surface area (Å²) in [5, 5.41) is 12.2. The summed E-state index contributed by atoms with van der Waals surface area (Å²) < 4.78 is 5.72. The van der Waals surface area contributed by atoms with E-state index in [0.29, 0.717) is 22.7 Å². The highest BCUT2D eigenvalue weighted by atomic mass is 16.5. The maximum atomic E-state index is 12.3. The Hall–Kier alpha value is -3.27. The minimum Gasteiger partial charge on any atom is -0.508 e. The van der Waals surface area contributed by atoms with Crippen molar-refractivity contribution in [2.75, 3.05) is 5.32 Å². The summed E-state index contributed by atoms with van der Waals surface area (Å²) in [7, 11) is 0. The summed E-state index contributed by atoms with van der Waals surface area (Å²) in [6.07, 6.45) is 0. The third-order valence-corrected chi connectivity index (χ3v) is 3.18. The Morgan fingerprint density at radius 3 is 2.35 bits per heavy atom. The zero-order valence-corrected chi connectivity index (χ0v) is 12.3. The van der Waals surface area contributed by atoms with Crippen LogP contribution in [0.5, 0.6) is 17.2 Å². The van der Waals surface area contributed by atoms with Crippen molar-refractivity contribution in [3.05, 3.63) is 84.4 Å². The van der Waals surface area contributed by atoms with Crippen LogP contribution in [0.4, 0.5) is 5.69 Å². The molecule has 4 nitrogen and oxygen atoms in total. The van der Waals surface area contributed by atoms with Gasteiger partial charge in [-0.3, -0.25) is 4.79 Å². The van der Waals surface area contributed by atoms with E-state index in [1.165, 1.54) is 6.07 Å². The van der Waals surface area contributed by atoms with Crippen molar-refractivity contribution in [2.45, 2.75) is 0 Å². The standard InChI is InChI=1S/C19H15NO3/c21-16-8-5-7-15(13-16)20-19(22)14-6-4-11-18(12-14)23-17-9-2-1-3-10-17/h1-13,21H,(H,20,22). The van der Waals surface area contributed by atoms with E-state index in [0.717, 1.165) is 0 Å². The number of carbonyl (C=O) groups excluding carboxylic acids is 1. The SMILES string of the molecule is O=C(Nc1cccc(O)c1)c1cccc(Oc2ccccc2)c1. The second-order valence-electron chi connectivity index (χ2n) is 4.95. The first-order valence-corrected chi connectivity index (χ1v) is 7.14. The third kappa shape index (κ3) is 3.89. The first-order chi connectivity index (χ1) is 11.2. The smallest absolute Gasteiger partial charge is 0.255 e. The fourth-order valence-corrected chi connectivity index (χ4v) is 2.11. The zero-order chi connectivity index (χ0) is 16.1. The van der Waals surface area contributed by atoms with Crippen molar-refractivity contribution < 1.29 is 14.6 Å². The lowest BCUT2D eigenvalue weighted by atomic mass is 10.2. The number of phenolic OH excluding ortho intramolecular Hbond substituents is 1. The summed E-state index contributed by atoms with van der Waals surface area (Å²) in [5.41, 5.74) is 1.01. The molecule has 0 unspecified atom stereocenters. The Kier molecular flexibility index (Phi) is 4.25. The van der Waals surface area contributed by atoms with Gasteiger partial charge in [0.05, 0.1) is 0 Å². The molecule has 0 atom stereocenters. The molecule has 3 rings (SSSR count). The van der Waals surface area contributed by atoms with Crippen molar-refractivity contribution in [3.8, 4) is 17.2 Å². The maximum absolute atomic E-state index is 12.3. The van der Waals surface area contributed by atoms with Crippen molar-refractivity contribution in [1.29, 1.82) is 0 Å². The van der Waals surface area contributed by atoms with E-state index in [4.69, 9.17) is 4.74 Å². The van der Waals surface area contributed by atoms with Crippen molar-refractivity contribution in [2.24, 2.45) is 0 Å². The first kappa shape index (κ1) is 14.7. The Morgan fingerprint density at radius 2 is 1.57 bits per heavy atom. The van der Waals surface area contributed by atoms with Crippen molar-refractivity contribution in [1.82, 2.24) is 0 Å². The Labute approximate surface area is 134 Å². The number of hydrogen-bond donors (Lipinski definition) is 2. The topological polar surface area (TPSA) is 58.6 Å². The molecule has 3 aromatic carbocycles. The van der Waals surface area contributed by atoms with Crippen LogP contribution in [0.25, 0.3) is 0 Å². The molecule has 0 aliphatic carbocycles. The van der Waals surface area contributed by atoms with Gasteiger partial charge in [-0.25, -0.2) is 0 Å². The van der Waals surface area contributed by atoms with Gasteiger partial charge < -0.3 is 15.2 Å². The van der Waals surface area contributed by atoms with Crippen LogP contribution in [0.1, 0.15) is 10.4 Å². The quantitative estimate of drug-likeness (QED) is 0.749. The van der Waals surface area contributed by atoms with Gasteiger partial charge in [0.25, 0.3) is 5.91 Å². The van der Waals surface area contributed by atoms with Gasteiger partial charge in [-0.05, 0) is 42.5 Å². The average Bonchev–Trinajstić information content (AvgIpc) is 2.56. The van der Waals surface area contributed by atoms with Crippen LogP contribution < -0.4 is 10.1 Å². The molecule has 23 heavy (non-hydrogen) atoms. The van der Waals surface area contributed by atoms with Gasteiger partial charge in [0.15, 0.2) is 0 Å². The number of benzene rings is 3. The van der Waals surface area contributed by atoms with E-state index in [1.807, 2.05) is 30.3 Å². The number of ether oxygens (including phenoxy) is 1. The van der Waals surface area contributed by atoms with Crippen LogP contribution in [0.2, 0.25) is 0 Å². The number of phenols is 1. The average molecular weight is 305 g/mol. The number of carbonyl (C=O) groups is 1. The molecule has 0 fully saturated rings. The predicted octanol–water partition coefficient (Wildman–Crippen LogP) is 4.44. The molecule has 4 heteroatoms. The molecule has 1 amide bonds. The van der Waals surface area contributed by atoms with E-state index in [2.05, 4.69) is 5.32 Å². The highest BCUT2D eigenvalue weighted by molar-refractivity contribution is 6.04. The minimum absolute atomic E-state index is 0.101. The minimum atomic E-state index is -0.269. The fraction of sp³-hybridized carbons (Fsp3) is 0. The van der Waals surface area contributed by atoms with Crippen LogP contribution in [0.15, 0.2) is 78.9 Å². The van der Waals surface area contributed by atoms with Gasteiger partial charge >= 0.3 is 0 Å². The molecule has 0 saturated heterocycles. The van der Waals surface area contributed by atoms with Gasteiger partial charge in [0, 0.05) is 17.3 Å². The van der Waals surface area contributed by atoms with E-state index < -0.39 is 0 Å². The van der Waals surface area contributed by atoms with Gasteiger partial charge in [-0.1, -0.05) is 30.3 Å². The second kappa shape index (κ2) is 6.66. The van der Waals surface area contributed by atoms with E-state index in [-0.39, 0.29) is 11.7 Å². The molecule has 0 aliphatic heterocycles. The third-order valence-electron chi connectivity index (χ3n) is 3.18. The lowest BCUT2D eigenvalue weighted by Crippen LogP contribution is -2.11. The van der Waals surface area contributed by atoms with Crippen LogP contribution in [0, 0.1) is 0 Å². The van der Waals surface area contributed by atoms with Gasteiger partial charge in [-0.2, -0.15) is 0 Å². The number of aromatic hydroxyl groups is 1. The summed E-state index contributed by atoms with van der Waals surface area (Å²) in [5.74, 6) is 1.12. The second-order valence-corrected chi connectivity index (χ2v) is 4.95. The molecule has 0 radical (unpaired) electrons. The Morgan fingerprint density at radius 1 is 0.826 bits per heavy atom. The largest absolute Gasteiger partial charge is 0.508 e. The zero-order valence-electron chi connectivity index (χ0n) is 12.3. The predicted molar refractivity (Wildman–Crippen MR) is 89.0 cm³/mol. The molecule has 2 N–H and O–H groups in total. The number of anilines is 1. The molecular formula is C19H15NO3. The van der Waals surface area contributed by atoms with Crippen LogP contribution in [-0.4, -0.2) is 11.0 Å². The molecule has 0 heterocycles. The number of amides is 1. The maximum Gasteiger partial charge on any atom is 0.255 e. The van der Waals surface area contributed by atoms with E-state index >= 15 is 0 Å². The lowest BCUT2D eigenvalue weighted by molar-refractivity contribution is 0.102. The molecule has 0 bridgehead atoms. The van der Waals surface area contributed by atoms with Crippen molar-refractivity contribution >= 4 is 11.6 Å². The summed E-state index contributed by atoms with van der Waals surface area (Å²) in [4.78, 5) is 12.3. The molecule has 0 aliphatic rings. The Bertz CT molecular complexity index is 816. The van der Waals surface area contributed by atoms with Gasteiger partial charge in [0.2, 0.25) is 0 Å². The van der Waals surface area contributed by atoms with Gasteiger partial charge in [-0.15, -0.1) is 0 Å². The Balaban J connectivity index is 1.75. The van der Waals surface area contributed by atoms with Gasteiger partial charge in [0.1, 0.15) is 17.2 Å². The van der Waals surface area contributed by atoms with E-state index in [9.17, 15) is 9.90 Å². The van der Waals surface area contributed by atoms with Crippen molar-refractivity contribution in [3.63, 3.8) is 0 Å². The molecule has 0 saturated carbocycles. The molecule has 0 aromatic heterocycles. The summed E-state index contributed by atoms with van der Waals surface area (Å²) >= 11 is 0. The number of nitrogens with one attached hydrogen (secondary N) is 1. The first-order valence-electron chi connectivity index (χ1n) is 7.14. The van der Waals surface area contributed by atoms with Crippen LogP contribution in [-0.2, 0) is 0 Å². The molecular weight excluding hydrogens is 290 g/mol. The molecule has 114 valence electrons. The monoisotopic (exact) mass is 305 g/mol. The molecule has 3 aromatic rings. The van der Waals surface area contributed by atoms with Crippen LogP contribution >= 0.6 is 0 Å². The number of para-hydroxylation sites is 1. The molecule has 0 spiro atoms. The summed E-state index contributed by atoms with van der Waals surface area (Å²) in [6.45, 7) is 0. The van der Waals surface area contributed by atoms with Crippen LogP contribution in [0.3, 0.4) is 0 Å². The number of hydrogen-bond acceptors (Lipinski definition) is 3. The highest BCUT2D eigenvalue weighted by Crippen LogP contribution is 2.22. The highest BCUT2D eigenvalue weighted by Gasteiger charge is 2.08. The normalized spacial score (nSPS) is 10.1.